The first-order chi connectivity index (χ1) is 27.7. The van der Waals surface area contributed by atoms with Crippen molar-refractivity contribution in [2.75, 3.05) is 0 Å². The number of hydrogen-bond acceptors (Lipinski definition) is 10. The SMILES string of the molecule is C=CC[C@@H]1C[C@@]1(NC(=O)[C@@H]1C[C@@H](n2nnc(-c3ccccc3CCc3ccccc3)n2)CC1C(=O)C(NC(=O)OC1CCCC1)C(C)(C)C)C(=O)NS(=O)(=O)C1CC1. The molecule has 1 heterocycles. The van der Waals surface area contributed by atoms with Crippen molar-refractivity contribution in [2.24, 2.45) is 23.2 Å². The molecule has 0 saturated heterocycles. The standard InChI is InChI=1S/C43H55N7O7S/c1-5-13-29-26-43(29,40(53)48-58(55,56)32-22-23-32)45-39(52)35-25-30(24-34(35)36(51)37(42(2,3)4)44-41(54)57-31-17-10-11-18-31)50-47-38(46-49-50)33-19-12-9-16-28(33)21-20-27-14-7-6-8-15-27/h5-9,12,14-16,19,29-32,34-35,37H,1,10-11,13,17-18,20-26H2,2-4H3,(H,44,54)(H,45,52)(H,48,53)/t29-,30+,34?,35-,37?,43+/m1/s1. The van der Waals surface area contributed by atoms with Crippen molar-refractivity contribution in [3.05, 3.63) is 78.4 Å². The van der Waals surface area contributed by atoms with Gasteiger partial charge in [0, 0.05) is 17.4 Å². The normalized spacial score (nSPS) is 25.1. The number of carbonyl (C=O) groups excluding carboxylic acids is 4. The highest BCUT2D eigenvalue weighted by atomic mass is 32.2. The number of carbonyl (C=O) groups is 4. The summed E-state index contributed by atoms with van der Waals surface area (Å²) in [5.74, 6) is -3.52. The van der Waals surface area contributed by atoms with Gasteiger partial charge in [-0.3, -0.25) is 19.1 Å². The van der Waals surface area contributed by atoms with Gasteiger partial charge in [0.25, 0.3) is 5.91 Å². The Labute approximate surface area is 340 Å². The number of aryl methyl sites for hydroxylation is 2. The molecular formula is C43H55N7O7S. The minimum atomic E-state index is -3.89. The average Bonchev–Trinajstić information content (AvgIpc) is 3.93. The van der Waals surface area contributed by atoms with Crippen LogP contribution in [0.4, 0.5) is 4.79 Å². The van der Waals surface area contributed by atoms with Crippen LogP contribution in [-0.2, 0) is 42.0 Å². The molecule has 1 aromatic heterocycles. The van der Waals surface area contributed by atoms with E-state index in [-0.39, 0.29) is 37.1 Å². The number of allylic oxidation sites excluding steroid dienone is 1. The summed E-state index contributed by atoms with van der Waals surface area (Å²) < 4.78 is 33.6. The smallest absolute Gasteiger partial charge is 0.408 e. The van der Waals surface area contributed by atoms with E-state index in [1.807, 2.05) is 63.2 Å². The first-order valence-electron chi connectivity index (χ1n) is 20.6. The van der Waals surface area contributed by atoms with Crippen molar-refractivity contribution in [3.63, 3.8) is 0 Å². The number of nitrogens with one attached hydrogen (secondary N) is 3. The summed E-state index contributed by atoms with van der Waals surface area (Å²) in [5.41, 5.74) is 0.862. The maximum absolute atomic E-state index is 14.8. The van der Waals surface area contributed by atoms with E-state index in [0.29, 0.717) is 25.1 Å². The largest absolute Gasteiger partial charge is 0.446 e. The fourth-order valence-electron chi connectivity index (χ4n) is 8.71. The fourth-order valence-corrected chi connectivity index (χ4v) is 10.1. The fraction of sp³-hybridized carbons (Fsp3) is 0.558. The number of Topliss-reactive ketones (excluding diaryl/α,β-unsaturated/α-hetero) is 1. The highest BCUT2D eigenvalue weighted by Gasteiger charge is 2.62. The third kappa shape index (κ3) is 9.19. The van der Waals surface area contributed by atoms with Crippen molar-refractivity contribution in [1.82, 2.24) is 35.6 Å². The Balaban J connectivity index is 1.15. The lowest BCUT2D eigenvalue weighted by Gasteiger charge is -2.33. The molecule has 3 N–H and O–H groups in total. The maximum atomic E-state index is 14.8. The summed E-state index contributed by atoms with van der Waals surface area (Å²) in [6.07, 6.45) is 7.65. The number of aromatic nitrogens is 4. The number of nitrogens with zero attached hydrogens (tertiary/aromatic N) is 4. The monoisotopic (exact) mass is 813 g/mol. The molecule has 4 aliphatic carbocycles. The molecule has 0 aliphatic heterocycles. The maximum Gasteiger partial charge on any atom is 0.408 e. The minimum absolute atomic E-state index is 0.140. The molecular weight excluding hydrogens is 759 g/mol. The molecule has 58 heavy (non-hydrogen) atoms. The Morgan fingerprint density at radius 1 is 0.966 bits per heavy atom. The van der Waals surface area contributed by atoms with E-state index in [4.69, 9.17) is 9.84 Å². The van der Waals surface area contributed by atoms with Crippen LogP contribution < -0.4 is 15.4 Å². The molecule has 6 atom stereocenters. The van der Waals surface area contributed by atoms with Gasteiger partial charge in [0.05, 0.1) is 17.3 Å². The Bertz CT molecular complexity index is 2120. The predicted molar refractivity (Wildman–Crippen MR) is 216 cm³/mol. The number of rotatable bonds is 16. The Morgan fingerprint density at radius 2 is 1.66 bits per heavy atom. The molecule has 0 bridgehead atoms. The Kier molecular flexibility index (Phi) is 11.9. The van der Waals surface area contributed by atoms with E-state index in [0.717, 1.165) is 49.7 Å². The highest BCUT2D eigenvalue weighted by Crippen LogP contribution is 2.49. The molecule has 15 heteroatoms. The van der Waals surface area contributed by atoms with E-state index >= 15 is 0 Å². The molecule has 2 unspecified atom stereocenters. The zero-order valence-corrected chi connectivity index (χ0v) is 34.4. The van der Waals surface area contributed by atoms with Crippen molar-refractivity contribution in [3.8, 4) is 11.4 Å². The number of ketones is 1. The molecule has 4 saturated carbocycles. The molecule has 3 aromatic rings. The van der Waals surface area contributed by atoms with Gasteiger partial charge >= 0.3 is 6.09 Å². The summed E-state index contributed by atoms with van der Waals surface area (Å²) in [6.45, 7) is 9.32. The molecule has 7 rings (SSSR count). The Morgan fingerprint density at radius 3 is 2.34 bits per heavy atom. The highest BCUT2D eigenvalue weighted by molar-refractivity contribution is 7.91. The summed E-state index contributed by atoms with van der Waals surface area (Å²) >= 11 is 0. The lowest BCUT2D eigenvalue weighted by atomic mass is 9.77. The number of sulfonamides is 1. The van der Waals surface area contributed by atoms with E-state index in [2.05, 4.69) is 44.4 Å². The van der Waals surface area contributed by atoms with Gasteiger partial charge in [0.15, 0.2) is 5.78 Å². The lowest BCUT2D eigenvalue weighted by molar-refractivity contribution is -0.137. The molecule has 4 aliphatic rings. The van der Waals surface area contributed by atoms with Crippen LogP contribution in [-0.4, -0.2) is 75.3 Å². The summed E-state index contributed by atoms with van der Waals surface area (Å²) in [4.78, 5) is 57.7. The number of hydrogen-bond donors (Lipinski definition) is 3. The van der Waals surface area contributed by atoms with Crippen molar-refractivity contribution < 1.29 is 32.3 Å². The third-order valence-electron chi connectivity index (χ3n) is 12.3. The average molecular weight is 814 g/mol. The quantitative estimate of drug-likeness (QED) is 0.158. The third-order valence-corrected chi connectivity index (χ3v) is 14.1. The van der Waals surface area contributed by atoms with Gasteiger partial charge in [-0.15, -0.1) is 16.8 Å². The van der Waals surface area contributed by atoms with Gasteiger partial charge in [-0.1, -0.05) is 81.4 Å². The number of ether oxygens (including phenoxy) is 1. The number of alkyl carbamates (subject to hydrolysis) is 1. The zero-order chi connectivity index (χ0) is 41.2. The Hall–Kier alpha value is -4.92. The topological polar surface area (TPSA) is 191 Å². The van der Waals surface area contributed by atoms with Crippen LogP contribution in [0.2, 0.25) is 0 Å². The molecule has 310 valence electrons. The second kappa shape index (κ2) is 16.7. The minimum Gasteiger partial charge on any atom is -0.446 e. The predicted octanol–water partition coefficient (Wildman–Crippen LogP) is 5.40. The number of tetrazole rings is 1. The van der Waals surface area contributed by atoms with Crippen molar-refractivity contribution in [1.29, 1.82) is 0 Å². The van der Waals surface area contributed by atoms with Crippen LogP contribution in [0, 0.1) is 23.2 Å². The van der Waals surface area contributed by atoms with E-state index < -0.39 is 68.1 Å². The van der Waals surface area contributed by atoms with E-state index in [1.54, 1.807) is 6.08 Å². The van der Waals surface area contributed by atoms with E-state index in [1.165, 1.54) is 10.4 Å². The zero-order valence-electron chi connectivity index (χ0n) is 33.6. The molecule has 3 amide bonds. The molecule has 0 spiro atoms. The van der Waals surface area contributed by atoms with Crippen molar-refractivity contribution in [2.45, 2.75) is 127 Å². The summed E-state index contributed by atoms with van der Waals surface area (Å²) in [7, 11) is -3.89. The number of benzene rings is 2. The van der Waals surface area contributed by atoms with Crippen LogP contribution >= 0.6 is 0 Å². The first-order valence-corrected chi connectivity index (χ1v) is 22.1. The van der Waals surface area contributed by atoms with Crippen LogP contribution in [0.15, 0.2) is 67.3 Å². The second-order valence-corrected chi connectivity index (χ2v) is 19.6. The van der Waals surface area contributed by atoms with Gasteiger partial charge in [0.2, 0.25) is 21.8 Å². The van der Waals surface area contributed by atoms with Gasteiger partial charge in [-0.25, -0.2) is 13.2 Å². The van der Waals surface area contributed by atoms with Gasteiger partial charge < -0.3 is 15.4 Å². The van der Waals surface area contributed by atoms with Crippen LogP contribution in [0.3, 0.4) is 0 Å². The van der Waals surface area contributed by atoms with Crippen molar-refractivity contribution >= 4 is 33.7 Å². The first kappa shape index (κ1) is 41.2. The van der Waals surface area contributed by atoms with Gasteiger partial charge in [-0.05, 0) is 105 Å². The number of amides is 3. The summed E-state index contributed by atoms with van der Waals surface area (Å²) in [6, 6.07) is 16.5. The van der Waals surface area contributed by atoms with Crippen LogP contribution in [0.5, 0.6) is 0 Å². The molecule has 2 aromatic carbocycles. The second-order valence-electron chi connectivity index (χ2n) is 17.6. The van der Waals surface area contributed by atoms with Crippen LogP contribution in [0.25, 0.3) is 11.4 Å². The molecule has 4 fully saturated rings. The lowest BCUT2D eigenvalue weighted by Crippen LogP contribution is -2.56. The van der Waals surface area contributed by atoms with Gasteiger partial charge in [0.1, 0.15) is 11.6 Å². The molecule has 14 nitrogen and oxygen atoms in total. The van der Waals surface area contributed by atoms with Gasteiger partial charge in [-0.2, -0.15) is 4.80 Å². The molecule has 0 radical (unpaired) electrons. The van der Waals surface area contributed by atoms with Crippen LogP contribution in [0.1, 0.15) is 102 Å². The summed E-state index contributed by atoms with van der Waals surface area (Å²) in [5, 5.41) is 18.8. The van der Waals surface area contributed by atoms with E-state index in [9.17, 15) is 27.6 Å².